The van der Waals surface area contributed by atoms with E-state index in [2.05, 4.69) is 0 Å². The van der Waals surface area contributed by atoms with Crippen molar-refractivity contribution >= 4 is 9.84 Å². The number of hydrogen-bond donors (Lipinski definition) is 0. The summed E-state index contributed by atoms with van der Waals surface area (Å²) in [5.74, 6) is -1.15. The van der Waals surface area contributed by atoms with E-state index in [1.807, 2.05) is 0 Å². The van der Waals surface area contributed by atoms with E-state index in [1.165, 1.54) is 27.6 Å². The van der Waals surface area contributed by atoms with Crippen LogP contribution in [0, 0.1) is 0 Å². The Morgan fingerprint density at radius 2 is 1.44 bits per heavy atom. The van der Waals surface area contributed by atoms with Crippen molar-refractivity contribution in [1.29, 1.82) is 0 Å². The quantitative estimate of drug-likeness (QED) is 0.730. The van der Waals surface area contributed by atoms with Crippen molar-refractivity contribution in [3.8, 4) is 0 Å². The van der Waals surface area contributed by atoms with Gasteiger partial charge in [-0.05, 0) is 17.7 Å². The molecule has 1 aromatic carbocycles. The average Bonchev–Trinajstić information content (AvgIpc) is 2.36. The van der Waals surface area contributed by atoms with Crippen molar-refractivity contribution in [3.63, 3.8) is 0 Å². The summed E-state index contributed by atoms with van der Waals surface area (Å²) >= 11 is 0. The Morgan fingerprint density at radius 1 is 1.00 bits per heavy atom. The Kier molecular flexibility index (Phi) is 4.86. The maximum absolute atomic E-state index is 11.3. The van der Waals surface area contributed by atoms with E-state index in [-0.39, 0.29) is 4.90 Å². The highest BCUT2D eigenvalue weighted by Crippen LogP contribution is 2.20. The highest BCUT2D eigenvalue weighted by Gasteiger charge is 2.29. The molecule has 1 aromatic rings. The zero-order valence-electron chi connectivity index (χ0n) is 11.0. The third-order valence-electron chi connectivity index (χ3n) is 2.71. The van der Waals surface area contributed by atoms with Crippen molar-refractivity contribution in [3.05, 3.63) is 29.8 Å². The maximum Gasteiger partial charge on any atom is 0.286 e. The van der Waals surface area contributed by atoms with Crippen LogP contribution in [0.15, 0.2) is 29.2 Å². The van der Waals surface area contributed by atoms with E-state index < -0.39 is 15.8 Å². The predicted molar refractivity (Wildman–Crippen MR) is 67.0 cm³/mol. The maximum atomic E-state index is 11.3. The summed E-state index contributed by atoms with van der Waals surface area (Å²) in [7, 11) is 1.28. The largest absolute Gasteiger partial charge is 0.331 e. The molecule has 0 aliphatic carbocycles. The molecule has 0 fully saturated rings. The predicted octanol–water partition coefficient (Wildman–Crippen LogP) is 1.23. The molecule has 0 spiro atoms. The van der Waals surface area contributed by atoms with Gasteiger partial charge < -0.3 is 14.2 Å². The summed E-state index contributed by atoms with van der Waals surface area (Å²) in [6.07, 6.45) is 1.53. The highest BCUT2D eigenvalue weighted by molar-refractivity contribution is 7.90. The van der Waals surface area contributed by atoms with Crippen LogP contribution < -0.4 is 0 Å². The summed E-state index contributed by atoms with van der Waals surface area (Å²) in [5, 5.41) is 0. The molecule has 0 N–H and O–H groups in total. The number of rotatable bonds is 6. The van der Waals surface area contributed by atoms with Gasteiger partial charge in [0.1, 0.15) is 0 Å². The third kappa shape index (κ3) is 3.52. The molecule has 0 atom stereocenters. The van der Waals surface area contributed by atoms with Gasteiger partial charge in [0.25, 0.3) is 5.97 Å². The molecule has 1 rings (SSSR count). The fraction of sp³-hybridized carbons (Fsp3) is 0.500. The zero-order chi connectivity index (χ0) is 13.8. The van der Waals surface area contributed by atoms with Crippen LogP contribution in [0.4, 0.5) is 0 Å². The molecule has 0 aliphatic heterocycles. The number of sulfone groups is 1. The first-order chi connectivity index (χ1) is 8.37. The van der Waals surface area contributed by atoms with Crippen molar-refractivity contribution in [2.75, 3.05) is 27.6 Å². The number of methoxy groups -OCH3 is 3. The van der Waals surface area contributed by atoms with Crippen LogP contribution in [0.1, 0.15) is 5.56 Å². The van der Waals surface area contributed by atoms with E-state index in [9.17, 15) is 8.42 Å². The summed E-state index contributed by atoms with van der Waals surface area (Å²) in [5.41, 5.74) is 0.855. The van der Waals surface area contributed by atoms with E-state index >= 15 is 0 Å². The summed E-state index contributed by atoms with van der Waals surface area (Å²) in [6.45, 7) is 0. The number of ether oxygens (including phenoxy) is 3. The van der Waals surface area contributed by atoms with Gasteiger partial charge in [-0.15, -0.1) is 0 Å². The Balaban J connectivity index is 2.93. The zero-order valence-corrected chi connectivity index (χ0v) is 11.8. The van der Waals surface area contributed by atoms with Gasteiger partial charge in [-0.2, -0.15) is 0 Å². The summed E-state index contributed by atoms with van der Waals surface area (Å²) < 4.78 is 38.2. The minimum absolute atomic E-state index is 0.282. The minimum atomic E-state index is -3.17. The first kappa shape index (κ1) is 15.1. The molecule has 0 aliphatic rings. The molecule has 0 amide bonds. The van der Waals surface area contributed by atoms with Gasteiger partial charge in [-0.25, -0.2) is 8.42 Å². The minimum Gasteiger partial charge on any atom is -0.331 e. The van der Waals surface area contributed by atoms with Crippen LogP contribution in [0.2, 0.25) is 0 Å². The fourth-order valence-electron chi connectivity index (χ4n) is 1.57. The van der Waals surface area contributed by atoms with E-state index in [0.29, 0.717) is 6.42 Å². The summed E-state index contributed by atoms with van der Waals surface area (Å²) in [4.78, 5) is 0.282. The molecule has 0 unspecified atom stereocenters. The lowest BCUT2D eigenvalue weighted by molar-refractivity contribution is -0.350. The van der Waals surface area contributed by atoms with Crippen LogP contribution in [-0.2, 0) is 30.5 Å². The van der Waals surface area contributed by atoms with Crippen molar-refractivity contribution < 1.29 is 22.6 Å². The number of benzene rings is 1. The second-order valence-corrected chi connectivity index (χ2v) is 5.90. The second-order valence-electron chi connectivity index (χ2n) is 3.89. The normalized spacial score (nSPS) is 12.7. The smallest absolute Gasteiger partial charge is 0.286 e. The fourth-order valence-corrected chi connectivity index (χ4v) is 2.20. The van der Waals surface area contributed by atoms with Gasteiger partial charge in [-0.1, -0.05) is 12.1 Å². The Morgan fingerprint density at radius 3 is 1.78 bits per heavy atom. The molecule has 18 heavy (non-hydrogen) atoms. The van der Waals surface area contributed by atoms with Crippen molar-refractivity contribution in [2.24, 2.45) is 0 Å². The van der Waals surface area contributed by atoms with Crippen molar-refractivity contribution in [2.45, 2.75) is 17.3 Å². The van der Waals surface area contributed by atoms with Crippen LogP contribution >= 0.6 is 0 Å². The molecular formula is C12H18O5S. The molecule has 0 bridgehead atoms. The van der Waals surface area contributed by atoms with Gasteiger partial charge in [-0.3, -0.25) is 0 Å². The van der Waals surface area contributed by atoms with Crippen LogP contribution in [0.25, 0.3) is 0 Å². The van der Waals surface area contributed by atoms with Crippen molar-refractivity contribution in [1.82, 2.24) is 0 Å². The third-order valence-corrected chi connectivity index (χ3v) is 3.83. The Bertz CT molecular complexity index is 465. The van der Waals surface area contributed by atoms with Crippen LogP contribution in [0.5, 0.6) is 0 Å². The molecule has 0 saturated heterocycles. The van der Waals surface area contributed by atoms with E-state index in [0.717, 1.165) is 5.56 Å². The monoisotopic (exact) mass is 274 g/mol. The molecular weight excluding hydrogens is 256 g/mol. The van der Waals surface area contributed by atoms with Gasteiger partial charge in [0.15, 0.2) is 9.84 Å². The molecule has 6 heteroatoms. The van der Waals surface area contributed by atoms with E-state index in [4.69, 9.17) is 14.2 Å². The Labute approximate surface area is 108 Å². The molecule has 5 nitrogen and oxygen atoms in total. The van der Waals surface area contributed by atoms with Gasteiger partial charge >= 0.3 is 0 Å². The number of hydrogen-bond acceptors (Lipinski definition) is 5. The first-order valence-corrected chi connectivity index (χ1v) is 7.20. The SMILES string of the molecule is COC(Cc1ccc(S(C)(=O)=O)cc1)(OC)OC. The molecule has 102 valence electrons. The van der Waals surface area contributed by atoms with Gasteiger partial charge in [0, 0.05) is 27.6 Å². The highest BCUT2D eigenvalue weighted by atomic mass is 32.2. The lowest BCUT2D eigenvalue weighted by Gasteiger charge is -2.28. The molecule has 0 heterocycles. The second kappa shape index (κ2) is 5.79. The molecule has 0 saturated carbocycles. The Hall–Kier alpha value is -0.950. The van der Waals surface area contributed by atoms with Crippen LogP contribution in [-0.4, -0.2) is 42.0 Å². The van der Waals surface area contributed by atoms with Gasteiger partial charge in [0.2, 0.25) is 0 Å². The summed E-state index contributed by atoms with van der Waals surface area (Å²) in [6, 6.07) is 6.52. The lowest BCUT2D eigenvalue weighted by atomic mass is 10.1. The average molecular weight is 274 g/mol. The van der Waals surface area contributed by atoms with Gasteiger partial charge in [0.05, 0.1) is 11.3 Å². The first-order valence-electron chi connectivity index (χ1n) is 5.31. The van der Waals surface area contributed by atoms with E-state index in [1.54, 1.807) is 24.3 Å². The van der Waals surface area contributed by atoms with Crippen LogP contribution in [0.3, 0.4) is 0 Å². The lowest BCUT2D eigenvalue weighted by Crippen LogP contribution is -2.38. The molecule has 0 aromatic heterocycles. The standard InChI is InChI=1S/C12H18O5S/c1-15-12(16-2,17-3)9-10-5-7-11(8-6-10)18(4,13)14/h5-8H,9H2,1-4H3. The molecule has 0 radical (unpaired) electrons. The topological polar surface area (TPSA) is 61.8 Å².